The van der Waals surface area contributed by atoms with E-state index < -0.39 is 18.0 Å². The number of halogens is 1. The van der Waals surface area contributed by atoms with Gasteiger partial charge in [-0.2, -0.15) is 0 Å². The van der Waals surface area contributed by atoms with Crippen LogP contribution < -0.4 is 5.32 Å². The second-order valence-electron chi connectivity index (χ2n) is 5.40. The summed E-state index contributed by atoms with van der Waals surface area (Å²) in [5.41, 5.74) is 0.537. The smallest absolute Gasteiger partial charge is 0.251 e. The quantitative estimate of drug-likeness (QED) is 0.912. The van der Waals surface area contributed by atoms with E-state index in [1.807, 2.05) is 13.8 Å². The van der Waals surface area contributed by atoms with Gasteiger partial charge in [-0.3, -0.25) is 9.59 Å². The van der Waals surface area contributed by atoms with Crippen LogP contribution in [-0.2, 0) is 14.3 Å². The third-order valence-electron chi connectivity index (χ3n) is 3.36. The van der Waals surface area contributed by atoms with Crippen molar-refractivity contribution in [1.29, 1.82) is 0 Å². The highest BCUT2D eigenvalue weighted by molar-refractivity contribution is 5.86. The van der Waals surface area contributed by atoms with E-state index in [1.165, 1.54) is 17.0 Å². The van der Waals surface area contributed by atoms with Crippen molar-refractivity contribution in [2.75, 3.05) is 13.7 Å². The summed E-state index contributed by atoms with van der Waals surface area (Å²) in [6, 6.07) is 5.19. The molecule has 0 bridgehead atoms. The highest BCUT2D eigenvalue weighted by Gasteiger charge is 2.40. The first-order valence-corrected chi connectivity index (χ1v) is 6.83. The zero-order chi connectivity index (χ0) is 15.6. The van der Waals surface area contributed by atoms with Crippen LogP contribution in [0, 0.1) is 5.82 Å². The van der Waals surface area contributed by atoms with Crippen LogP contribution in [0.3, 0.4) is 0 Å². The molecule has 0 spiro atoms. The molecule has 1 aliphatic rings. The summed E-state index contributed by atoms with van der Waals surface area (Å²) >= 11 is 0. The van der Waals surface area contributed by atoms with Crippen molar-refractivity contribution in [3.63, 3.8) is 0 Å². The van der Waals surface area contributed by atoms with Crippen LogP contribution in [0.15, 0.2) is 24.3 Å². The van der Waals surface area contributed by atoms with Gasteiger partial charge < -0.3 is 15.0 Å². The largest absolute Gasteiger partial charge is 0.356 e. The number of nitrogens with one attached hydrogen (secondary N) is 1. The van der Waals surface area contributed by atoms with E-state index in [4.69, 9.17) is 4.74 Å². The van der Waals surface area contributed by atoms with Crippen LogP contribution >= 0.6 is 0 Å². The van der Waals surface area contributed by atoms with Crippen LogP contribution in [0.25, 0.3) is 0 Å². The third kappa shape index (κ3) is 3.39. The molecule has 21 heavy (non-hydrogen) atoms. The van der Waals surface area contributed by atoms with E-state index in [2.05, 4.69) is 5.32 Å². The summed E-state index contributed by atoms with van der Waals surface area (Å²) in [6.45, 7) is 3.53. The van der Waals surface area contributed by atoms with Gasteiger partial charge in [-0.1, -0.05) is 12.1 Å². The monoisotopic (exact) mass is 294 g/mol. The van der Waals surface area contributed by atoms with Crippen molar-refractivity contribution in [3.05, 3.63) is 35.6 Å². The second kappa shape index (κ2) is 6.22. The van der Waals surface area contributed by atoms with Crippen LogP contribution in [0.2, 0.25) is 0 Å². The van der Waals surface area contributed by atoms with Gasteiger partial charge in [0.25, 0.3) is 5.91 Å². The normalized spacial score (nSPS) is 22.5. The molecule has 2 unspecified atom stereocenters. The fourth-order valence-electron chi connectivity index (χ4n) is 2.39. The molecule has 1 fully saturated rings. The van der Waals surface area contributed by atoms with Gasteiger partial charge in [-0.25, -0.2) is 4.39 Å². The van der Waals surface area contributed by atoms with E-state index in [0.717, 1.165) is 0 Å². The van der Waals surface area contributed by atoms with Gasteiger partial charge in [-0.15, -0.1) is 0 Å². The summed E-state index contributed by atoms with van der Waals surface area (Å²) in [4.78, 5) is 25.5. The maximum absolute atomic E-state index is 13.4. The molecule has 0 aromatic heterocycles. The van der Waals surface area contributed by atoms with Crippen molar-refractivity contribution in [1.82, 2.24) is 10.2 Å². The van der Waals surface area contributed by atoms with Gasteiger partial charge in [0.1, 0.15) is 12.4 Å². The molecule has 1 N–H and O–H groups in total. The highest BCUT2D eigenvalue weighted by atomic mass is 19.1. The first kappa shape index (κ1) is 15.4. The lowest BCUT2D eigenvalue weighted by molar-refractivity contribution is -0.162. The number of hydrogen-bond acceptors (Lipinski definition) is 3. The number of morpholine rings is 1. The molecule has 0 saturated carbocycles. The maximum Gasteiger partial charge on any atom is 0.251 e. The molecule has 0 radical (unpaired) electrons. The first-order valence-electron chi connectivity index (χ1n) is 6.83. The summed E-state index contributed by atoms with van der Waals surface area (Å²) in [5.74, 6) is -0.960. The zero-order valence-corrected chi connectivity index (χ0v) is 12.3. The maximum atomic E-state index is 13.4. The van der Waals surface area contributed by atoms with Gasteiger partial charge in [0.2, 0.25) is 5.91 Å². The van der Waals surface area contributed by atoms with Crippen molar-refractivity contribution < 1.29 is 18.7 Å². The molecule has 1 aliphatic heterocycles. The Bertz CT molecular complexity index is 547. The van der Waals surface area contributed by atoms with Crippen molar-refractivity contribution in [2.45, 2.75) is 32.0 Å². The number of ether oxygens (including phenoxy) is 1. The lowest BCUT2D eigenvalue weighted by Gasteiger charge is -2.38. The van der Waals surface area contributed by atoms with Crippen molar-refractivity contribution in [3.8, 4) is 0 Å². The van der Waals surface area contributed by atoms with Crippen LogP contribution in [0.1, 0.15) is 25.5 Å². The average molecular weight is 294 g/mol. The lowest BCUT2D eigenvalue weighted by atomic mass is 9.97. The molecule has 1 aromatic carbocycles. The average Bonchev–Trinajstić information content (AvgIpc) is 2.40. The van der Waals surface area contributed by atoms with E-state index in [-0.39, 0.29) is 24.5 Å². The predicted molar refractivity (Wildman–Crippen MR) is 74.9 cm³/mol. The fourth-order valence-corrected chi connectivity index (χ4v) is 2.39. The molecular weight excluding hydrogens is 275 g/mol. The number of amides is 2. The number of rotatable bonds is 3. The summed E-state index contributed by atoms with van der Waals surface area (Å²) < 4.78 is 18.8. The van der Waals surface area contributed by atoms with E-state index >= 15 is 0 Å². The molecule has 6 heteroatoms. The van der Waals surface area contributed by atoms with Crippen molar-refractivity contribution in [2.24, 2.45) is 0 Å². The zero-order valence-electron chi connectivity index (χ0n) is 12.3. The standard InChI is InChI=1S/C15H19FN2O3/c1-9(2)17-15(20)14-13(18(3)12(19)8-21-14)10-5-4-6-11(16)7-10/h4-7,9,13-14H,8H2,1-3H3,(H,17,20). The molecule has 114 valence electrons. The molecule has 2 amide bonds. The Morgan fingerprint density at radius 1 is 1.48 bits per heavy atom. The van der Waals surface area contributed by atoms with E-state index in [1.54, 1.807) is 19.2 Å². The Morgan fingerprint density at radius 2 is 2.19 bits per heavy atom. The summed E-state index contributed by atoms with van der Waals surface area (Å²) in [7, 11) is 1.59. The Kier molecular flexibility index (Phi) is 4.57. The van der Waals surface area contributed by atoms with Crippen LogP contribution in [-0.4, -0.2) is 42.5 Å². The van der Waals surface area contributed by atoms with E-state index in [9.17, 15) is 14.0 Å². The number of hydrogen-bond donors (Lipinski definition) is 1. The molecule has 1 aromatic rings. The minimum absolute atomic E-state index is 0.0443. The molecular formula is C15H19FN2O3. The molecule has 0 aliphatic carbocycles. The fraction of sp³-hybridized carbons (Fsp3) is 0.467. The summed E-state index contributed by atoms with van der Waals surface area (Å²) in [5, 5.41) is 2.77. The molecule has 1 saturated heterocycles. The van der Waals surface area contributed by atoms with Gasteiger partial charge in [0.05, 0.1) is 6.04 Å². The lowest BCUT2D eigenvalue weighted by Crippen LogP contribution is -2.53. The molecule has 2 rings (SSSR count). The summed E-state index contributed by atoms with van der Waals surface area (Å²) in [6.07, 6.45) is -0.850. The Balaban J connectivity index is 2.33. The Labute approximate surface area is 123 Å². The topological polar surface area (TPSA) is 58.6 Å². The minimum atomic E-state index is -0.850. The first-order chi connectivity index (χ1) is 9.90. The number of carbonyl (C=O) groups is 2. The van der Waals surface area contributed by atoms with Gasteiger partial charge in [0.15, 0.2) is 6.10 Å². The number of likely N-dealkylation sites (N-methyl/N-ethyl adjacent to an activating group) is 1. The SMILES string of the molecule is CC(C)NC(=O)C1OCC(=O)N(C)C1c1cccc(F)c1. The third-order valence-corrected chi connectivity index (χ3v) is 3.36. The highest BCUT2D eigenvalue weighted by Crippen LogP contribution is 2.29. The molecule has 5 nitrogen and oxygen atoms in total. The predicted octanol–water partition coefficient (Wildman–Crippen LogP) is 1.25. The van der Waals surface area contributed by atoms with Gasteiger partial charge in [-0.05, 0) is 31.5 Å². The van der Waals surface area contributed by atoms with Crippen LogP contribution in [0.5, 0.6) is 0 Å². The van der Waals surface area contributed by atoms with E-state index in [0.29, 0.717) is 5.56 Å². The van der Waals surface area contributed by atoms with Crippen LogP contribution in [0.4, 0.5) is 4.39 Å². The Morgan fingerprint density at radius 3 is 2.81 bits per heavy atom. The number of carbonyl (C=O) groups excluding carboxylic acids is 2. The molecule has 1 heterocycles. The Hall–Kier alpha value is -1.95. The molecule has 2 atom stereocenters. The van der Waals surface area contributed by atoms with Gasteiger partial charge in [0, 0.05) is 13.1 Å². The van der Waals surface area contributed by atoms with Gasteiger partial charge >= 0.3 is 0 Å². The number of benzene rings is 1. The minimum Gasteiger partial charge on any atom is -0.356 e. The van der Waals surface area contributed by atoms with Crippen molar-refractivity contribution >= 4 is 11.8 Å². The number of nitrogens with zero attached hydrogens (tertiary/aromatic N) is 1. The second-order valence-corrected chi connectivity index (χ2v) is 5.40.